The number of allylic oxidation sites excluding steroid dienone is 2. The van der Waals surface area contributed by atoms with Crippen LogP contribution in [0.25, 0.3) is 0 Å². The first-order valence-corrected chi connectivity index (χ1v) is 10.4. The number of carboxylic acid groups (broad SMARTS) is 1. The molecule has 5 heteroatoms. The van der Waals surface area contributed by atoms with Gasteiger partial charge in [0.05, 0.1) is 6.61 Å². The minimum atomic E-state index is -1.20. The van der Waals surface area contributed by atoms with Crippen molar-refractivity contribution >= 4 is 11.9 Å². The molecule has 0 bridgehead atoms. The lowest BCUT2D eigenvalue weighted by Gasteiger charge is -2.11. The second-order valence-electron chi connectivity index (χ2n) is 6.98. The van der Waals surface area contributed by atoms with Crippen LogP contribution in [-0.4, -0.2) is 34.7 Å². The molecule has 1 amide bonds. The first-order chi connectivity index (χ1) is 12.6. The van der Waals surface area contributed by atoms with Crippen LogP contribution < -0.4 is 5.32 Å². The van der Waals surface area contributed by atoms with Gasteiger partial charge >= 0.3 is 5.97 Å². The highest BCUT2D eigenvalue weighted by Gasteiger charge is 2.17. The fourth-order valence-corrected chi connectivity index (χ4v) is 2.81. The molecule has 0 heterocycles. The Balaban J connectivity index is 3.36. The van der Waals surface area contributed by atoms with Gasteiger partial charge in [-0.15, -0.1) is 0 Å². The molecule has 0 fully saturated rings. The van der Waals surface area contributed by atoms with Crippen LogP contribution in [0.4, 0.5) is 0 Å². The van der Waals surface area contributed by atoms with Gasteiger partial charge in [0, 0.05) is 6.42 Å². The van der Waals surface area contributed by atoms with E-state index >= 15 is 0 Å². The summed E-state index contributed by atoms with van der Waals surface area (Å²) < 4.78 is 0. The van der Waals surface area contributed by atoms with Gasteiger partial charge < -0.3 is 15.5 Å². The van der Waals surface area contributed by atoms with Crippen LogP contribution in [0.2, 0.25) is 0 Å². The van der Waals surface area contributed by atoms with Gasteiger partial charge in [-0.2, -0.15) is 0 Å². The zero-order valence-electron chi connectivity index (χ0n) is 16.5. The number of nitrogens with one attached hydrogen (secondary N) is 1. The van der Waals surface area contributed by atoms with Gasteiger partial charge in [0.15, 0.2) is 0 Å². The molecule has 1 unspecified atom stereocenters. The summed E-state index contributed by atoms with van der Waals surface area (Å²) in [4.78, 5) is 22.3. The molecule has 0 saturated heterocycles. The first-order valence-electron chi connectivity index (χ1n) is 10.4. The van der Waals surface area contributed by atoms with Gasteiger partial charge in [-0.25, -0.2) is 4.79 Å². The van der Waals surface area contributed by atoms with Crippen molar-refractivity contribution in [2.45, 2.75) is 103 Å². The van der Waals surface area contributed by atoms with Crippen LogP contribution in [0.5, 0.6) is 0 Å². The second kappa shape index (κ2) is 18.4. The molecule has 0 radical (unpaired) electrons. The lowest BCUT2D eigenvalue weighted by Crippen LogP contribution is -2.43. The van der Waals surface area contributed by atoms with Crippen molar-refractivity contribution < 1.29 is 19.8 Å². The molecule has 1 atom stereocenters. The van der Waals surface area contributed by atoms with E-state index in [9.17, 15) is 9.59 Å². The van der Waals surface area contributed by atoms with E-state index in [-0.39, 0.29) is 5.91 Å². The van der Waals surface area contributed by atoms with Crippen molar-refractivity contribution in [2.75, 3.05) is 6.61 Å². The summed E-state index contributed by atoms with van der Waals surface area (Å²) >= 11 is 0. The minimum Gasteiger partial charge on any atom is -0.480 e. The third-order valence-corrected chi connectivity index (χ3v) is 4.48. The molecule has 26 heavy (non-hydrogen) atoms. The summed E-state index contributed by atoms with van der Waals surface area (Å²) in [5, 5.41) is 19.9. The predicted octanol–water partition coefficient (Wildman–Crippen LogP) is 4.59. The Labute approximate surface area is 159 Å². The Morgan fingerprint density at radius 2 is 1.35 bits per heavy atom. The van der Waals surface area contributed by atoms with Crippen LogP contribution in [0, 0.1) is 0 Å². The molecule has 0 aromatic heterocycles. The molecule has 0 aromatic carbocycles. The Bertz CT molecular complexity index is 382. The summed E-state index contributed by atoms with van der Waals surface area (Å²) in [6.07, 6.45) is 20.5. The van der Waals surface area contributed by atoms with Crippen molar-refractivity contribution in [1.29, 1.82) is 0 Å². The van der Waals surface area contributed by atoms with Gasteiger partial charge in [0.2, 0.25) is 5.91 Å². The average molecular weight is 370 g/mol. The maximum atomic E-state index is 11.6. The SMILES string of the molecule is CCCCCCCC/C=C\CCCCCCCC(=O)NC(CO)C(=O)O. The highest BCUT2D eigenvalue weighted by molar-refractivity contribution is 5.83. The van der Waals surface area contributed by atoms with E-state index in [2.05, 4.69) is 24.4 Å². The Morgan fingerprint density at radius 3 is 1.85 bits per heavy atom. The summed E-state index contributed by atoms with van der Waals surface area (Å²) in [6.45, 7) is 1.67. The average Bonchev–Trinajstić information content (AvgIpc) is 2.62. The number of hydrogen-bond acceptors (Lipinski definition) is 3. The van der Waals surface area contributed by atoms with E-state index in [1.54, 1.807) is 0 Å². The first kappa shape index (κ1) is 24.6. The number of aliphatic hydroxyl groups is 1. The molecule has 0 aromatic rings. The van der Waals surface area contributed by atoms with Gasteiger partial charge in [0.1, 0.15) is 6.04 Å². The molecular formula is C21H39NO4. The van der Waals surface area contributed by atoms with E-state index in [1.807, 2.05) is 0 Å². The maximum Gasteiger partial charge on any atom is 0.328 e. The third-order valence-electron chi connectivity index (χ3n) is 4.48. The lowest BCUT2D eigenvalue weighted by molar-refractivity contribution is -0.142. The molecule has 0 saturated carbocycles. The predicted molar refractivity (Wildman–Crippen MR) is 106 cm³/mol. The number of carboxylic acids is 1. The smallest absolute Gasteiger partial charge is 0.328 e. The minimum absolute atomic E-state index is 0.302. The van der Waals surface area contributed by atoms with E-state index in [4.69, 9.17) is 10.2 Å². The zero-order chi connectivity index (χ0) is 19.5. The number of aliphatic hydroxyl groups excluding tert-OH is 1. The van der Waals surface area contributed by atoms with E-state index < -0.39 is 18.6 Å². The molecule has 0 rings (SSSR count). The van der Waals surface area contributed by atoms with Gasteiger partial charge in [-0.05, 0) is 32.1 Å². The largest absolute Gasteiger partial charge is 0.480 e. The van der Waals surface area contributed by atoms with Crippen molar-refractivity contribution in [1.82, 2.24) is 5.32 Å². The number of hydrogen-bond donors (Lipinski definition) is 3. The monoisotopic (exact) mass is 369 g/mol. The standard InChI is InChI=1S/C21H39NO4/c1-2-3-4-5-6-7-8-9-10-11-12-13-14-15-16-17-20(24)22-19(18-23)21(25)26/h9-10,19,23H,2-8,11-18H2,1H3,(H,22,24)(H,25,26)/b10-9-. The fraction of sp³-hybridized carbons (Fsp3) is 0.810. The number of carbonyl (C=O) groups excluding carboxylic acids is 1. The second-order valence-corrected chi connectivity index (χ2v) is 6.98. The quantitative estimate of drug-likeness (QED) is 0.244. The highest BCUT2D eigenvalue weighted by atomic mass is 16.4. The van der Waals surface area contributed by atoms with Crippen molar-refractivity contribution in [2.24, 2.45) is 0 Å². The van der Waals surface area contributed by atoms with Crippen LogP contribution >= 0.6 is 0 Å². The summed E-state index contributed by atoms with van der Waals surface area (Å²) in [5.41, 5.74) is 0. The summed E-state index contributed by atoms with van der Waals surface area (Å²) in [7, 11) is 0. The summed E-state index contributed by atoms with van der Waals surface area (Å²) in [5.74, 6) is -1.51. The summed E-state index contributed by atoms with van der Waals surface area (Å²) in [6, 6.07) is -1.19. The Morgan fingerprint density at radius 1 is 0.846 bits per heavy atom. The molecular weight excluding hydrogens is 330 g/mol. The Kier molecular flexibility index (Phi) is 17.5. The lowest BCUT2D eigenvalue weighted by atomic mass is 10.1. The molecule has 3 N–H and O–H groups in total. The zero-order valence-corrected chi connectivity index (χ0v) is 16.5. The number of carbonyl (C=O) groups is 2. The van der Waals surface area contributed by atoms with Gasteiger partial charge in [-0.3, -0.25) is 4.79 Å². The number of amides is 1. The molecule has 5 nitrogen and oxygen atoms in total. The van der Waals surface area contributed by atoms with E-state index in [1.165, 1.54) is 51.4 Å². The van der Waals surface area contributed by atoms with Crippen LogP contribution in [0.3, 0.4) is 0 Å². The third kappa shape index (κ3) is 16.1. The normalized spacial score (nSPS) is 12.4. The topological polar surface area (TPSA) is 86.6 Å². The molecule has 0 aliphatic carbocycles. The van der Waals surface area contributed by atoms with Crippen LogP contribution in [0.15, 0.2) is 12.2 Å². The van der Waals surface area contributed by atoms with Crippen LogP contribution in [-0.2, 0) is 9.59 Å². The van der Waals surface area contributed by atoms with Crippen molar-refractivity contribution in [3.63, 3.8) is 0 Å². The van der Waals surface area contributed by atoms with Crippen LogP contribution in [0.1, 0.15) is 96.8 Å². The Hall–Kier alpha value is -1.36. The maximum absolute atomic E-state index is 11.6. The number of rotatable bonds is 18. The number of unbranched alkanes of at least 4 members (excludes halogenated alkanes) is 11. The molecule has 0 spiro atoms. The van der Waals surface area contributed by atoms with Crippen molar-refractivity contribution in [3.05, 3.63) is 12.2 Å². The van der Waals surface area contributed by atoms with E-state index in [0.717, 1.165) is 32.1 Å². The molecule has 0 aliphatic rings. The molecule has 152 valence electrons. The molecule has 0 aliphatic heterocycles. The van der Waals surface area contributed by atoms with E-state index in [0.29, 0.717) is 6.42 Å². The van der Waals surface area contributed by atoms with Crippen molar-refractivity contribution in [3.8, 4) is 0 Å². The van der Waals surface area contributed by atoms with Gasteiger partial charge in [0.25, 0.3) is 0 Å². The van der Waals surface area contributed by atoms with Gasteiger partial charge in [-0.1, -0.05) is 70.4 Å². The highest BCUT2D eigenvalue weighted by Crippen LogP contribution is 2.10. The fourth-order valence-electron chi connectivity index (χ4n) is 2.81. The number of aliphatic carboxylic acids is 1.